The molecule has 2 saturated heterocycles. The predicted molar refractivity (Wildman–Crippen MR) is 97.8 cm³/mol. The maximum absolute atomic E-state index is 12.4. The molecule has 3 rings (SSSR count). The third-order valence-electron chi connectivity index (χ3n) is 5.80. The van der Waals surface area contributed by atoms with E-state index < -0.39 is 0 Å². The number of piperidine rings is 1. The number of rotatable bonds is 5. The Balaban J connectivity index is 1.47. The molecule has 1 aromatic carbocycles. The van der Waals surface area contributed by atoms with Crippen molar-refractivity contribution in [2.24, 2.45) is 5.41 Å². The summed E-state index contributed by atoms with van der Waals surface area (Å²) < 4.78 is 11.0. The number of methoxy groups -OCH3 is 1. The Bertz CT molecular complexity index is 579. The number of carbonyl (C=O) groups excluding carboxylic acids is 1. The normalized spacial score (nSPS) is 23.2. The van der Waals surface area contributed by atoms with Gasteiger partial charge in [-0.15, -0.1) is 0 Å². The molecule has 0 N–H and O–H groups in total. The Kier molecular flexibility index (Phi) is 5.64. The van der Waals surface area contributed by atoms with Gasteiger partial charge in [0.05, 0.1) is 6.61 Å². The van der Waals surface area contributed by atoms with Gasteiger partial charge >= 0.3 is 0 Å². The minimum atomic E-state index is 0.0928. The second-order valence-electron chi connectivity index (χ2n) is 7.71. The van der Waals surface area contributed by atoms with Gasteiger partial charge in [-0.25, -0.2) is 0 Å². The van der Waals surface area contributed by atoms with E-state index in [1.54, 1.807) is 7.11 Å². The van der Waals surface area contributed by atoms with Crippen molar-refractivity contribution in [3.63, 3.8) is 0 Å². The molecule has 0 aromatic heterocycles. The van der Waals surface area contributed by atoms with Gasteiger partial charge in [0.15, 0.2) is 6.61 Å². The summed E-state index contributed by atoms with van der Waals surface area (Å²) in [6.07, 6.45) is 3.33. The summed E-state index contributed by atoms with van der Waals surface area (Å²) in [5.74, 6) is 0.850. The molecule has 2 aliphatic heterocycles. The molecule has 5 nitrogen and oxygen atoms in total. The van der Waals surface area contributed by atoms with Crippen LogP contribution in [0.15, 0.2) is 24.3 Å². The van der Waals surface area contributed by atoms with E-state index in [9.17, 15) is 4.79 Å². The average Bonchev–Trinajstić information content (AvgIpc) is 2.90. The highest BCUT2D eigenvalue weighted by atomic mass is 16.5. The van der Waals surface area contributed by atoms with Crippen LogP contribution in [0.5, 0.6) is 5.75 Å². The van der Waals surface area contributed by atoms with Gasteiger partial charge in [0, 0.05) is 32.8 Å². The zero-order chi connectivity index (χ0) is 17.9. The zero-order valence-electron chi connectivity index (χ0n) is 15.7. The quantitative estimate of drug-likeness (QED) is 0.821. The van der Waals surface area contributed by atoms with Gasteiger partial charge in [0.1, 0.15) is 5.75 Å². The first kappa shape index (κ1) is 18.2. The second-order valence-corrected chi connectivity index (χ2v) is 7.71. The molecular formula is C20H30N2O3. The number of ether oxygens (including phenoxy) is 2. The lowest BCUT2D eigenvalue weighted by molar-refractivity contribution is -0.135. The van der Waals surface area contributed by atoms with Crippen LogP contribution in [0.2, 0.25) is 0 Å². The first-order valence-electron chi connectivity index (χ1n) is 9.18. The van der Waals surface area contributed by atoms with E-state index in [-0.39, 0.29) is 12.5 Å². The number of aryl methyl sites for hydroxylation is 1. The van der Waals surface area contributed by atoms with E-state index in [2.05, 4.69) is 11.9 Å². The summed E-state index contributed by atoms with van der Waals surface area (Å²) in [4.78, 5) is 16.8. The third kappa shape index (κ3) is 4.33. The van der Waals surface area contributed by atoms with Gasteiger partial charge in [-0.3, -0.25) is 4.79 Å². The summed E-state index contributed by atoms with van der Waals surface area (Å²) in [6.45, 7) is 5.75. The van der Waals surface area contributed by atoms with Gasteiger partial charge in [0.25, 0.3) is 5.91 Å². The minimum Gasteiger partial charge on any atom is -0.484 e. The number of amides is 1. The molecule has 0 aliphatic carbocycles. The van der Waals surface area contributed by atoms with Crippen LogP contribution in [-0.2, 0) is 9.53 Å². The van der Waals surface area contributed by atoms with E-state index in [0.717, 1.165) is 44.8 Å². The molecule has 2 aliphatic rings. The van der Waals surface area contributed by atoms with Crippen molar-refractivity contribution < 1.29 is 14.3 Å². The SMILES string of the molecule is COCC1CC2(CCN(C(=O)COc3ccc(C)cc3)CC2)CN1C. The maximum Gasteiger partial charge on any atom is 0.260 e. The fraction of sp³-hybridized carbons (Fsp3) is 0.650. The number of carbonyl (C=O) groups is 1. The topological polar surface area (TPSA) is 42.0 Å². The number of nitrogens with zero attached hydrogens (tertiary/aromatic N) is 2. The zero-order valence-corrected chi connectivity index (χ0v) is 15.7. The average molecular weight is 346 g/mol. The van der Waals surface area contributed by atoms with E-state index in [4.69, 9.17) is 9.47 Å². The lowest BCUT2D eigenvalue weighted by atomic mass is 9.76. The summed E-state index contributed by atoms with van der Waals surface area (Å²) >= 11 is 0. The van der Waals surface area contributed by atoms with Crippen molar-refractivity contribution in [3.05, 3.63) is 29.8 Å². The molecule has 1 atom stereocenters. The van der Waals surface area contributed by atoms with Gasteiger partial charge < -0.3 is 19.3 Å². The van der Waals surface area contributed by atoms with Crippen molar-refractivity contribution in [1.82, 2.24) is 9.80 Å². The van der Waals surface area contributed by atoms with E-state index in [0.29, 0.717) is 11.5 Å². The van der Waals surface area contributed by atoms with Gasteiger partial charge in [-0.05, 0) is 50.8 Å². The molecule has 5 heteroatoms. The van der Waals surface area contributed by atoms with Crippen LogP contribution in [0.25, 0.3) is 0 Å². The number of likely N-dealkylation sites (tertiary alicyclic amines) is 2. The monoisotopic (exact) mass is 346 g/mol. The van der Waals surface area contributed by atoms with Crippen molar-refractivity contribution >= 4 is 5.91 Å². The summed E-state index contributed by atoms with van der Waals surface area (Å²) in [6, 6.07) is 8.34. The largest absolute Gasteiger partial charge is 0.484 e. The molecule has 1 spiro atoms. The number of likely N-dealkylation sites (N-methyl/N-ethyl adjacent to an activating group) is 1. The molecule has 1 aromatic rings. The summed E-state index contributed by atoms with van der Waals surface area (Å²) in [5, 5.41) is 0. The molecular weight excluding hydrogens is 316 g/mol. The molecule has 0 saturated carbocycles. The highest BCUT2D eigenvalue weighted by Gasteiger charge is 2.44. The Labute approximate surface area is 150 Å². The summed E-state index contributed by atoms with van der Waals surface area (Å²) in [5.41, 5.74) is 1.54. The Morgan fingerprint density at radius 1 is 1.24 bits per heavy atom. The van der Waals surface area contributed by atoms with Gasteiger partial charge in [0.2, 0.25) is 0 Å². The standard InChI is InChI=1S/C20H30N2O3/c1-16-4-6-18(7-5-16)25-14-19(23)22-10-8-20(9-11-22)12-17(13-24-3)21(2)15-20/h4-7,17H,8-15H2,1-3H3. The lowest BCUT2D eigenvalue weighted by Gasteiger charge is -2.39. The Hall–Kier alpha value is -1.59. The van der Waals surface area contributed by atoms with Crippen LogP contribution < -0.4 is 4.74 Å². The van der Waals surface area contributed by atoms with Gasteiger partial charge in [-0.2, -0.15) is 0 Å². The fourth-order valence-corrected chi connectivity index (χ4v) is 4.22. The smallest absolute Gasteiger partial charge is 0.260 e. The maximum atomic E-state index is 12.4. The second kappa shape index (κ2) is 7.75. The van der Waals surface area contributed by atoms with Crippen LogP contribution >= 0.6 is 0 Å². The Morgan fingerprint density at radius 3 is 2.56 bits per heavy atom. The number of hydrogen-bond acceptors (Lipinski definition) is 4. The number of hydrogen-bond donors (Lipinski definition) is 0. The van der Waals surface area contributed by atoms with Crippen LogP contribution in [0, 0.1) is 12.3 Å². The molecule has 138 valence electrons. The van der Waals surface area contributed by atoms with Crippen LogP contribution in [-0.4, -0.2) is 68.8 Å². The van der Waals surface area contributed by atoms with Crippen LogP contribution in [0.1, 0.15) is 24.8 Å². The molecule has 1 unspecified atom stereocenters. The molecule has 25 heavy (non-hydrogen) atoms. The molecule has 0 radical (unpaired) electrons. The van der Waals surface area contributed by atoms with Crippen molar-refractivity contribution in [3.8, 4) is 5.75 Å². The number of benzene rings is 1. The molecule has 2 fully saturated rings. The van der Waals surface area contributed by atoms with Crippen LogP contribution in [0.4, 0.5) is 0 Å². The predicted octanol–water partition coefficient (Wildman–Crippen LogP) is 2.33. The van der Waals surface area contributed by atoms with E-state index in [1.165, 1.54) is 12.0 Å². The molecule has 2 heterocycles. The lowest BCUT2D eigenvalue weighted by Crippen LogP contribution is -2.45. The first-order valence-corrected chi connectivity index (χ1v) is 9.18. The third-order valence-corrected chi connectivity index (χ3v) is 5.80. The van der Waals surface area contributed by atoms with E-state index >= 15 is 0 Å². The first-order chi connectivity index (χ1) is 12.0. The van der Waals surface area contributed by atoms with Crippen molar-refractivity contribution in [1.29, 1.82) is 0 Å². The highest BCUT2D eigenvalue weighted by molar-refractivity contribution is 5.77. The van der Waals surface area contributed by atoms with Crippen molar-refractivity contribution in [2.75, 3.05) is 47.0 Å². The van der Waals surface area contributed by atoms with E-state index in [1.807, 2.05) is 36.1 Å². The minimum absolute atomic E-state index is 0.0928. The molecule has 0 bridgehead atoms. The fourth-order valence-electron chi connectivity index (χ4n) is 4.22. The van der Waals surface area contributed by atoms with Gasteiger partial charge in [-0.1, -0.05) is 17.7 Å². The Morgan fingerprint density at radius 2 is 1.92 bits per heavy atom. The highest BCUT2D eigenvalue weighted by Crippen LogP contribution is 2.42. The molecule has 1 amide bonds. The summed E-state index contributed by atoms with van der Waals surface area (Å²) in [7, 11) is 3.96. The van der Waals surface area contributed by atoms with Crippen LogP contribution in [0.3, 0.4) is 0 Å². The van der Waals surface area contributed by atoms with Crippen molar-refractivity contribution in [2.45, 2.75) is 32.2 Å².